The van der Waals surface area contributed by atoms with Crippen LogP contribution >= 0.6 is 0 Å². The van der Waals surface area contributed by atoms with Crippen LogP contribution < -0.4 is 6.15 Å². The van der Waals surface area contributed by atoms with Gasteiger partial charge in [-0.25, -0.2) is 0 Å². The normalized spacial score (nSPS) is 10.6. The van der Waals surface area contributed by atoms with Crippen LogP contribution in [0.25, 0.3) is 0 Å². The van der Waals surface area contributed by atoms with Gasteiger partial charge in [-0.05, 0) is 19.1 Å². The first-order valence-electron chi connectivity index (χ1n) is 3.43. The molecule has 0 unspecified atom stereocenters. The van der Waals surface area contributed by atoms with Crippen LogP contribution in [0.3, 0.4) is 0 Å². The molecular weight excluding hydrogens is 190 g/mol. The summed E-state index contributed by atoms with van der Waals surface area (Å²) in [7, 11) is -2.37. The van der Waals surface area contributed by atoms with Crippen LogP contribution in [0.1, 0.15) is 5.56 Å². The number of hydrogen-bond acceptors (Lipinski definition) is 4. The molecule has 4 nitrogen and oxygen atoms in total. The lowest BCUT2D eigenvalue weighted by atomic mass is 10.2. The van der Waals surface area contributed by atoms with Crippen molar-refractivity contribution in [1.82, 2.24) is 6.15 Å². The van der Waals surface area contributed by atoms with Crippen LogP contribution in [0.5, 0.6) is 0 Å². The Kier molecular flexibility index (Phi) is 4.06. The molecule has 0 amide bonds. The Bertz CT molecular complexity index is 355. The van der Waals surface area contributed by atoms with Crippen molar-refractivity contribution in [3.05, 3.63) is 29.8 Å². The van der Waals surface area contributed by atoms with Crippen molar-refractivity contribution in [1.29, 1.82) is 0 Å². The van der Waals surface area contributed by atoms with Gasteiger partial charge < -0.3 is 6.15 Å². The Morgan fingerprint density at radius 3 is 2.00 bits per heavy atom. The van der Waals surface area contributed by atoms with E-state index in [-0.39, 0.29) is 11.0 Å². The summed E-state index contributed by atoms with van der Waals surface area (Å²) >= 11 is 0. The average Bonchev–Trinajstić information content (AvgIpc) is 2.05. The SMILES string of the molecule is COS(=O)(=O)c1ccc(C)cc1.N. The summed E-state index contributed by atoms with van der Waals surface area (Å²) in [4.78, 5) is 0.190. The van der Waals surface area contributed by atoms with Gasteiger partial charge in [0, 0.05) is 0 Å². The highest BCUT2D eigenvalue weighted by atomic mass is 32.2. The fourth-order valence-electron chi connectivity index (χ4n) is 0.801. The summed E-state index contributed by atoms with van der Waals surface area (Å²) in [6.07, 6.45) is 0. The van der Waals surface area contributed by atoms with E-state index in [1.807, 2.05) is 6.92 Å². The van der Waals surface area contributed by atoms with Crippen molar-refractivity contribution < 1.29 is 12.6 Å². The Balaban J connectivity index is 0.00000144. The molecule has 1 rings (SSSR count). The van der Waals surface area contributed by atoms with Gasteiger partial charge in [-0.3, -0.25) is 4.18 Å². The fraction of sp³-hybridized carbons (Fsp3) is 0.250. The standard InChI is InChI=1S/C8H10O3S.H3N/c1-7-3-5-8(6-4-7)12(9,10)11-2;/h3-6H,1-2H3;1H3. The van der Waals surface area contributed by atoms with Crippen LogP contribution in [-0.2, 0) is 14.3 Å². The summed E-state index contributed by atoms with van der Waals surface area (Å²) in [5, 5.41) is 0. The van der Waals surface area contributed by atoms with Crippen molar-refractivity contribution in [2.24, 2.45) is 0 Å². The van der Waals surface area contributed by atoms with E-state index in [1.54, 1.807) is 12.1 Å². The van der Waals surface area contributed by atoms with Crippen LogP contribution in [0, 0.1) is 6.92 Å². The highest BCUT2D eigenvalue weighted by molar-refractivity contribution is 7.86. The fourth-order valence-corrected chi connectivity index (χ4v) is 1.46. The quantitative estimate of drug-likeness (QED) is 0.738. The lowest BCUT2D eigenvalue weighted by Gasteiger charge is -2.00. The van der Waals surface area contributed by atoms with E-state index < -0.39 is 10.1 Å². The van der Waals surface area contributed by atoms with E-state index in [4.69, 9.17) is 0 Å². The Morgan fingerprint density at radius 2 is 1.62 bits per heavy atom. The molecule has 0 bridgehead atoms. The summed E-state index contributed by atoms with van der Waals surface area (Å²) < 4.78 is 26.5. The zero-order valence-electron chi connectivity index (χ0n) is 7.65. The molecule has 0 spiro atoms. The molecule has 0 heterocycles. The zero-order chi connectivity index (χ0) is 9.19. The summed E-state index contributed by atoms with van der Waals surface area (Å²) in [6, 6.07) is 6.50. The summed E-state index contributed by atoms with van der Waals surface area (Å²) in [6.45, 7) is 1.89. The Morgan fingerprint density at radius 1 is 1.15 bits per heavy atom. The molecule has 0 atom stereocenters. The van der Waals surface area contributed by atoms with Gasteiger partial charge in [-0.2, -0.15) is 8.42 Å². The minimum atomic E-state index is -3.51. The molecule has 0 radical (unpaired) electrons. The number of aryl methyl sites for hydroxylation is 1. The van der Waals surface area contributed by atoms with Crippen molar-refractivity contribution >= 4 is 10.1 Å². The van der Waals surface area contributed by atoms with Gasteiger partial charge in [0.15, 0.2) is 0 Å². The second-order valence-electron chi connectivity index (χ2n) is 2.43. The smallest absolute Gasteiger partial charge is 0.296 e. The van der Waals surface area contributed by atoms with Crippen molar-refractivity contribution in [2.75, 3.05) is 7.11 Å². The lowest BCUT2D eigenvalue weighted by Crippen LogP contribution is -2.02. The summed E-state index contributed by atoms with van der Waals surface area (Å²) in [5.41, 5.74) is 1.02. The van der Waals surface area contributed by atoms with Gasteiger partial charge in [0.25, 0.3) is 10.1 Å². The highest BCUT2D eigenvalue weighted by Gasteiger charge is 2.10. The first kappa shape index (κ1) is 12.1. The molecule has 74 valence electrons. The molecule has 0 aromatic heterocycles. The maximum absolute atomic E-state index is 11.1. The average molecular weight is 203 g/mol. The second kappa shape index (κ2) is 4.36. The third kappa shape index (κ3) is 2.80. The third-order valence-electron chi connectivity index (χ3n) is 1.53. The van der Waals surface area contributed by atoms with Crippen molar-refractivity contribution in [3.63, 3.8) is 0 Å². The topological polar surface area (TPSA) is 78.4 Å². The molecule has 13 heavy (non-hydrogen) atoms. The highest BCUT2D eigenvalue weighted by Crippen LogP contribution is 2.11. The third-order valence-corrected chi connectivity index (χ3v) is 2.82. The van der Waals surface area contributed by atoms with Gasteiger partial charge >= 0.3 is 0 Å². The minimum Gasteiger partial charge on any atom is -0.344 e. The van der Waals surface area contributed by atoms with E-state index >= 15 is 0 Å². The molecule has 3 N–H and O–H groups in total. The molecule has 0 aliphatic heterocycles. The lowest BCUT2D eigenvalue weighted by molar-refractivity contribution is 0.398. The minimum absolute atomic E-state index is 0. The number of hydrogen-bond donors (Lipinski definition) is 1. The number of benzene rings is 1. The molecule has 0 fully saturated rings. The molecule has 0 saturated carbocycles. The van der Waals surface area contributed by atoms with Crippen LogP contribution in [0.4, 0.5) is 0 Å². The molecule has 1 aromatic carbocycles. The van der Waals surface area contributed by atoms with E-state index in [2.05, 4.69) is 4.18 Å². The largest absolute Gasteiger partial charge is 0.344 e. The first-order valence-corrected chi connectivity index (χ1v) is 4.84. The van der Waals surface area contributed by atoms with Crippen molar-refractivity contribution in [2.45, 2.75) is 11.8 Å². The van der Waals surface area contributed by atoms with Gasteiger partial charge in [-0.1, -0.05) is 17.7 Å². The molecule has 0 aliphatic carbocycles. The molecule has 1 aromatic rings. The van der Waals surface area contributed by atoms with Crippen LogP contribution in [0.2, 0.25) is 0 Å². The predicted molar refractivity (Wildman–Crippen MR) is 50.4 cm³/mol. The van der Waals surface area contributed by atoms with Gasteiger partial charge in [0.2, 0.25) is 0 Å². The van der Waals surface area contributed by atoms with Gasteiger partial charge in [-0.15, -0.1) is 0 Å². The van der Waals surface area contributed by atoms with Crippen LogP contribution in [-0.4, -0.2) is 15.5 Å². The van der Waals surface area contributed by atoms with Crippen molar-refractivity contribution in [3.8, 4) is 0 Å². The first-order chi connectivity index (χ1) is 5.56. The van der Waals surface area contributed by atoms with E-state index in [9.17, 15) is 8.42 Å². The maximum Gasteiger partial charge on any atom is 0.296 e. The van der Waals surface area contributed by atoms with Gasteiger partial charge in [0.05, 0.1) is 12.0 Å². The molecule has 5 heteroatoms. The monoisotopic (exact) mass is 203 g/mol. The number of rotatable bonds is 2. The van der Waals surface area contributed by atoms with E-state index in [0.29, 0.717) is 0 Å². The molecular formula is C8H13NO3S. The predicted octanol–water partition coefficient (Wildman–Crippen LogP) is 1.49. The van der Waals surface area contributed by atoms with E-state index in [0.717, 1.165) is 12.7 Å². The second-order valence-corrected chi connectivity index (χ2v) is 4.15. The summed E-state index contributed by atoms with van der Waals surface area (Å²) in [5.74, 6) is 0. The maximum atomic E-state index is 11.1. The van der Waals surface area contributed by atoms with Gasteiger partial charge in [0.1, 0.15) is 0 Å². The Hall–Kier alpha value is -0.910. The molecule has 0 saturated heterocycles. The molecule has 0 aliphatic rings. The zero-order valence-corrected chi connectivity index (χ0v) is 8.47. The van der Waals surface area contributed by atoms with Crippen LogP contribution in [0.15, 0.2) is 29.2 Å². The van der Waals surface area contributed by atoms with E-state index in [1.165, 1.54) is 12.1 Å². The Labute approximate surface area is 78.2 Å².